The van der Waals surface area contributed by atoms with Gasteiger partial charge in [-0.15, -0.1) is 0 Å². The largest absolute Gasteiger partial charge is 0.478 e. The number of carbonyl (C=O) groups is 1. The summed E-state index contributed by atoms with van der Waals surface area (Å²) in [4.78, 5) is 25.8. The number of aromatic nitrogens is 1. The Morgan fingerprint density at radius 3 is 2.46 bits per heavy atom. The average molecular weight is 320 g/mol. The number of carboxylic acid groups (broad SMARTS) is 1. The van der Waals surface area contributed by atoms with Gasteiger partial charge >= 0.3 is 5.97 Å². The molecule has 0 fully saturated rings. The van der Waals surface area contributed by atoms with Crippen molar-refractivity contribution in [2.24, 2.45) is 0 Å². The van der Waals surface area contributed by atoms with Crippen molar-refractivity contribution in [3.8, 4) is 0 Å². The zero-order chi connectivity index (χ0) is 17.1. The summed E-state index contributed by atoms with van der Waals surface area (Å²) >= 11 is 0. The Kier molecular flexibility index (Phi) is 4.03. The van der Waals surface area contributed by atoms with Crippen molar-refractivity contribution in [1.29, 1.82) is 0 Å². The van der Waals surface area contributed by atoms with Crippen molar-refractivity contribution in [2.75, 3.05) is 0 Å². The lowest BCUT2D eigenvalue weighted by Gasteiger charge is -2.00. The van der Waals surface area contributed by atoms with Crippen LogP contribution in [0.1, 0.15) is 21.6 Å². The normalized spacial score (nSPS) is 11.0. The zero-order valence-electron chi connectivity index (χ0n) is 12.4. The van der Waals surface area contributed by atoms with E-state index >= 15 is 0 Å². The molecule has 0 saturated carbocycles. The number of non-ortho nitro benzene ring substituents is 1. The van der Waals surface area contributed by atoms with E-state index in [1.165, 1.54) is 18.2 Å². The molecule has 1 N–H and O–H groups in total. The molecular weight excluding hydrogens is 308 g/mol. The molecule has 0 saturated heterocycles. The second-order valence-electron chi connectivity index (χ2n) is 5.10. The van der Waals surface area contributed by atoms with Crippen LogP contribution in [0.4, 0.5) is 5.69 Å². The summed E-state index contributed by atoms with van der Waals surface area (Å²) < 4.78 is 0. The maximum absolute atomic E-state index is 11.0. The molecule has 0 spiro atoms. The molecule has 6 heteroatoms. The van der Waals surface area contributed by atoms with E-state index in [0.29, 0.717) is 16.6 Å². The topological polar surface area (TPSA) is 93.3 Å². The van der Waals surface area contributed by atoms with Gasteiger partial charge in [0.25, 0.3) is 5.69 Å². The Morgan fingerprint density at radius 1 is 1.04 bits per heavy atom. The van der Waals surface area contributed by atoms with Crippen molar-refractivity contribution < 1.29 is 14.8 Å². The molecule has 1 heterocycles. The predicted molar refractivity (Wildman–Crippen MR) is 90.7 cm³/mol. The minimum absolute atomic E-state index is 0.0276. The number of carboxylic acids is 1. The quantitative estimate of drug-likeness (QED) is 0.579. The molecule has 2 aromatic carbocycles. The predicted octanol–water partition coefficient (Wildman–Crippen LogP) is 4.01. The first-order chi connectivity index (χ1) is 11.5. The number of benzene rings is 2. The highest BCUT2D eigenvalue weighted by atomic mass is 16.6. The van der Waals surface area contributed by atoms with Gasteiger partial charge in [0.2, 0.25) is 0 Å². The Labute approximate surface area is 136 Å². The molecule has 0 aliphatic rings. The number of rotatable bonds is 4. The number of nitrogens with zero attached hydrogens (tertiary/aromatic N) is 2. The molecule has 3 aromatic rings. The summed E-state index contributed by atoms with van der Waals surface area (Å²) in [6, 6.07) is 14.6. The highest BCUT2D eigenvalue weighted by Crippen LogP contribution is 2.24. The van der Waals surface area contributed by atoms with Crippen LogP contribution in [-0.4, -0.2) is 21.0 Å². The molecule has 1 aromatic heterocycles. The highest BCUT2D eigenvalue weighted by Gasteiger charge is 2.11. The molecule has 0 amide bonds. The minimum atomic E-state index is -0.969. The molecule has 0 aliphatic carbocycles. The van der Waals surface area contributed by atoms with E-state index in [0.717, 1.165) is 5.56 Å². The molecule has 0 aliphatic heterocycles. The lowest BCUT2D eigenvalue weighted by atomic mass is 10.1. The fourth-order valence-corrected chi connectivity index (χ4v) is 2.32. The fraction of sp³-hybridized carbons (Fsp3) is 0. The molecule has 24 heavy (non-hydrogen) atoms. The van der Waals surface area contributed by atoms with Gasteiger partial charge in [-0.05, 0) is 42.0 Å². The van der Waals surface area contributed by atoms with Gasteiger partial charge in [-0.2, -0.15) is 0 Å². The van der Waals surface area contributed by atoms with Crippen LogP contribution in [0.5, 0.6) is 0 Å². The van der Waals surface area contributed by atoms with Gasteiger partial charge in [-0.3, -0.25) is 10.1 Å². The maximum Gasteiger partial charge on any atom is 0.335 e. The minimum Gasteiger partial charge on any atom is -0.478 e. The summed E-state index contributed by atoms with van der Waals surface area (Å²) in [6.07, 6.45) is 3.57. The van der Waals surface area contributed by atoms with Crippen LogP contribution in [0.3, 0.4) is 0 Å². The van der Waals surface area contributed by atoms with E-state index in [1.807, 2.05) is 0 Å². The Balaban J connectivity index is 1.90. The Bertz CT molecular complexity index is 962. The summed E-state index contributed by atoms with van der Waals surface area (Å²) in [7, 11) is 0. The third-order valence-electron chi connectivity index (χ3n) is 3.53. The van der Waals surface area contributed by atoms with Crippen LogP contribution in [0.2, 0.25) is 0 Å². The van der Waals surface area contributed by atoms with Gasteiger partial charge in [0, 0.05) is 6.07 Å². The number of hydrogen-bond acceptors (Lipinski definition) is 4. The van der Waals surface area contributed by atoms with Crippen LogP contribution in [-0.2, 0) is 0 Å². The molecule has 6 nitrogen and oxygen atoms in total. The lowest BCUT2D eigenvalue weighted by Crippen LogP contribution is -1.94. The highest BCUT2D eigenvalue weighted by molar-refractivity contribution is 5.89. The molecule has 0 atom stereocenters. The fourth-order valence-electron chi connectivity index (χ4n) is 2.32. The van der Waals surface area contributed by atoms with E-state index in [9.17, 15) is 14.9 Å². The number of aromatic carboxylic acids is 1. The smallest absolute Gasteiger partial charge is 0.335 e. The van der Waals surface area contributed by atoms with E-state index in [1.54, 1.807) is 48.6 Å². The number of pyridine rings is 1. The summed E-state index contributed by atoms with van der Waals surface area (Å²) in [6.45, 7) is 0. The van der Waals surface area contributed by atoms with Crippen molar-refractivity contribution in [1.82, 2.24) is 4.98 Å². The lowest BCUT2D eigenvalue weighted by molar-refractivity contribution is -0.383. The van der Waals surface area contributed by atoms with Crippen LogP contribution in [0.15, 0.2) is 54.6 Å². The molecule has 0 unspecified atom stereocenters. The number of nitro benzene ring substituents is 1. The SMILES string of the molecule is O=C(O)c1ccc(/C=C/c2ccc3c([N+](=O)[O-])cccc3n2)cc1. The van der Waals surface area contributed by atoms with Crippen LogP contribution >= 0.6 is 0 Å². The van der Waals surface area contributed by atoms with Gasteiger partial charge in [-0.25, -0.2) is 9.78 Å². The molecule has 3 rings (SSSR count). The molecular formula is C18H12N2O4. The Morgan fingerprint density at radius 2 is 1.79 bits per heavy atom. The van der Waals surface area contributed by atoms with E-state index in [2.05, 4.69) is 4.98 Å². The van der Waals surface area contributed by atoms with Crippen molar-refractivity contribution in [3.63, 3.8) is 0 Å². The average Bonchev–Trinajstić information content (AvgIpc) is 2.59. The number of nitro groups is 1. The maximum atomic E-state index is 11.0. The summed E-state index contributed by atoms with van der Waals surface area (Å²) in [5.41, 5.74) is 2.29. The third-order valence-corrected chi connectivity index (χ3v) is 3.53. The molecule has 118 valence electrons. The van der Waals surface area contributed by atoms with E-state index in [-0.39, 0.29) is 11.3 Å². The zero-order valence-corrected chi connectivity index (χ0v) is 12.4. The van der Waals surface area contributed by atoms with Crippen molar-refractivity contribution in [3.05, 3.63) is 81.5 Å². The second-order valence-corrected chi connectivity index (χ2v) is 5.10. The van der Waals surface area contributed by atoms with Crippen LogP contribution in [0, 0.1) is 10.1 Å². The Hall–Kier alpha value is -3.54. The third kappa shape index (κ3) is 3.12. The van der Waals surface area contributed by atoms with Gasteiger partial charge in [0.05, 0.1) is 27.1 Å². The molecule has 0 radical (unpaired) electrons. The van der Waals surface area contributed by atoms with E-state index < -0.39 is 10.9 Å². The van der Waals surface area contributed by atoms with Gasteiger partial charge in [0.15, 0.2) is 0 Å². The summed E-state index contributed by atoms with van der Waals surface area (Å²) in [5.74, 6) is -0.969. The van der Waals surface area contributed by atoms with Gasteiger partial charge < -0.3 is 5.11 Å². The first kappa shape index (κ1) is 15.4. The standard InChI is InChI=1S/C18H12N2O4/c21-18(22)13-7-4-12(5-8-13)6-9-14-10-11-15-16(19-14)2-1-3-17(15)20(23)24/h1-11H,(H,21,22)/b9-6+. The van der Waals surface area contributed by atoms with Crippen LogP contribution < -0.4 is 0 Å². The molecule has 0 bridgehead atoms. The van der Waals surface area contributed by atoms with E-state index in [4.69, 9.17) is 5.11 Å². The van der Waals surface area contributed by atoms with Gasteiger partial charge in [-0.1, -0.05) is 24.3 Å². The van der Waals surface area contributed by atoms with Crippen molar-refractivity contribution in [2.45, 2.75) is 0 Å². The van der Waals surface area contributed by atoms with Crippen LogP contribution in [0.25, 0.3) is 23.1 Å². The first-order valence-electron chi connectivity index (χ1n) is 7.10. The monoisotopic (exact) mass is 320 g/mol. The number of fused-ring (bicyclic) bond motifs is 1. The first-order valence-corrected chi connectivity index (χ1v) is 7.10. The summed E-state index contributed by atoms with van der Waals surface area (Å²) in [5, 5.41) is 20.4. The van der Waals surface area contributed by atoms with Crippen molar-refractivity contribution >= 4 is 34.7 Å². The number of hydrogen-bond donors (Lipinski definition) is 1. The second kappa shape index (κ2) is 6.29. The van der Waals surface area contributed by atoms with Gasteiger partial charge in [0.1, 0.15) is 0 Å².